The van der Waals surface area contributed by atoms with Crippen LogP contribution in [0.2, 0.25) is 0 Å². The summed E-state index contributed by atoms with van der Waals surface area (Å²) in [5.74, 6) is -0.166. The number of aliphatic hydroxyl groups is 2. The van der Waals surface area contributed by atoms with E-state index in [4.69, 9.17) is 14.9 Å². The third kappa shape index (κ3) is 5.37. The van der Waals surface area contributed by atoms with Gasteiger partial charge in [-0.2, -0.15) is 0 Å². The van der Waals surface area contributed by atoms with Gasteiger partial charge in [0.15, 0.2) is 6.29 Å². The van der Waals surface area contributed by atoms with Gasteiger partial charge in [-0.15, -0.1) is 0 Å². The maximum Gasteiger partial charge on any atom is 0.410 e. The van der Waals surface area contributed by atoms with Crippen LogP contribution in [0.1, 0.15) is 53.4 Å². The molecule has 1 aliphatic rings. The van der Waals surface area contributed by atoms with E-state index in [1.165, 1.54) is 0 Å². The van der Waals surface area contributed by atoms with Gasteiger partial charge in [0.05, 0.1) is 0 Å². The zero-order valence-electron chi connectivity index (χ0n) is 12.4. The summed E-state index contributed by atoms with van der Waals surface area (Å²) in [5, 5.41) is 18.1. The molecule has 19 heavy (non-hydrogen) atoms. The van der Waals surface area contributed by atoms with Gasteiger partial charge in [-0.25, -0.2) is 4.79 Å². The molecule has 2 unspecified atom stereocenters. The van der Waals surface area contributed by atoms with Gasteiger partial charge in [-0.05, 0) is 46.5 Å². The molecule has 0 bridgehead atoms. The summed E-state index contributed by atoms with van der Waals surface area (Å²) in [6.07, 6.45) is 1.90. The number of nitrogens with zero attached hydrogens (tertiary/aromatic N) is 1. The Morgan fingerprint density at radius 2 is 2.05 bits per heavy atom. The van der Waals surface area contributed by atoms with E-state index in [9.17, 15) is 4.79 Å². The van der Waals surface area contributed by atoms with Crippen molar-refractivity contribution in [3.05, 3.63) is 0 Å². The fraction of sp³-hybridized carbons (Fsp3) is 0.929. The SMILES string of the molecule is CC(CCC1CCCN1C(=O)OC(C)(C)C)C(O)O. The molecule has 1 heterocycles. The van der Waals surface area contributed by atoms with Crippen molar-refractivity contribution in [1.29, 1.82) is 0 Å². The minimum Gasteiger partial charge on any atom is -0.444 e. The first-order valence-electron chi connectivity index (χ1n) is 7.06. The molecular formula is C14H27NO4. The third-order valence-corrected chi connectivity index (χ3v) is 3.47. The van der Waals surface area contributed by atoms with E-state index in [0.717, 1.165) is 25.8 Å². The van der Waals surface area contributed by atoms with Gasteiger partial charge in [-0.3, -0.25) is 0 Å². The highest BCUT2D eigenvalue weighted by Crippen LogP contribution is 2.25. The smallest absolute Gasteiger partial charge is 0.410 e. The molecule has 1 rings (SSSR count). The Morgan fingerprint density at radius 3 is 2.58 bits per heavy atom. The Hall–Kier alpha value is -0.810. The highest BCUT2D eigenvalue weighted by molar-refractivity contribution is 5.68. The summed E-state index contributed by atoms with van der Waals surface area (Å²) in [6.45, 7) is 8.12. The quantitative estimate of drug-likeness (QED) is 0.770. The summed E-state index contributed by atoms with van der Waals surface area (Å²) >= 11 is 0. The van der Waals surface area contributed by atoms with E-state index in [0.29, 0.717) is 6.42 Å². The van der Waals surface area contributed by atoms with Crippen molar-refractivity contribution in [1.82, 2.24) is 4.90 Å². The monoisotopic (exact) mass is 273 g/mol. The first-order valence-corrected chi connectivity index (χ1v) is 7.06. The Kier molecular flexibility index (Phi) is 5.62. The topological polar surface area (TPSA) is 70.0 Å². The van der Waals surface area contributed by atoms with Crippen molar-refractivity contribution < 1.29 is 19.7 Å². The molecule has 0 aromatic heterocycles. The van der Waals surface area contributed by atoms with Gasteiger partial charge in [0, 0.05) is 18.5 Å². The van der Waals surface area contributed by atoms with Crippen LogP contribution in [0.5, 0.6) is 0 Å². The predicted molar refractivity (Wildman–Crippen MR) is 72.6 cm³/mol. The molecule has 0 aliphatic carbocycles. The molecular weight excluding hydrogens is 246 g/mol. The maximum atomic E-state index is 12.1. The second kappa shape index (κ2) is 6.57. The summed E-state index contributed by atoms with van der Waals surface area (Å²) in [7, 11) is 0. The lowest BCUT2D eigenvalue weighted by Crippen LogP contribution is -2.40. The van der Waals surface area contributed by atoms with Crippen molar-refractivity contribution in [2.75, 3.05) is 6.54 Å². The van der Waals surface area contributed by atoms with Crippen molar-refractivity contribution in [3.8, 4) is 0 Å². The minimum atomic E-state index is -1.28. The number of carbonyl (C=O) groups is 1. The zero-order chi connectivity index (χ0) is 14.6. The molecule has 5 heteroatoms. The maximum absolute atomic E-state index is 12.1. The van der Waals surface area contributed by atoms with Crippen LogP contribution in [0, 0.1) is 5.92 Å². The zero-order valence-corrected chi connectivity index (χ0v) is 12.4. The number of carbonyl (C=O) groups excluding carboxylic acids is 1. The van der Waals surface area contributed by atoms with E-state index in [-0.39, 0.29) is 18.1 Å². The van der Waals surface area contributed by atoms with Crippen LogP contribution in [0.4, 0.5) is 4.79 Å². The molecule has 5 nitrogen and oxygen atoms in total. The van der Waals surface area contributed by atoms with Gasteiger partial charge in [-0.1, -0.05) is 6.92 Å². The standard InChI is InChI=1S/C14H27NO4/c1-10(12(16)17)7-8-11-6-5-9-15(11)13(18)19-14(2,3)4/h10-12,16-17H,5-9H2,1-4H3. The molecule has 0 aromatic rings. The summed E-state index contributed by atoms with van der Waals surface area (Å²) < 4.78 is 5.39. The number of rotatable bonds is 4. The molecule has 0 saturated carbocycles. The number of hydrogen-bond donors (Lipinski definition) is 2. The second-order valence-corrected chi connectivity index (χ2v) is 6.44. The van der Waals surface area contributed by atoms with E-state index in [1.807, 2.05) is 20.8 Å². The van der Waals surface area contributed by atoms with Crippen molar-refractivity contribution in [3.63, 3.8) is 0 Å². The lowest BCUT2D eigenvalue weighted by Gasteiger charge is -2.29. The van der Waals surface area contributed by atoms with E-state index in [2.05, 4.69) is 0 Å². The molecule has 0 aromatic carbocycles. The normalized spacial score (nSPS) is 21.8. The molecule has 2 N–H and O–H groups in total. The highest BCUT2D eigenvalue weighted by atomic mass is 16.6. The van der Waals surface area contributed by atoms with Crippen LogP contribution in [-0.4, -0.2) is 45.7 Å². The number of hydrogen-bond acceptors (Lipinski definition) is 4. The fourth-order valence-corrected chi connectivity index (χ4v) is 2.30. The summed E-state index contributed by atoms with van der Waals surface area (Å²) in [5.41, 5.74) is -0.473. The molecule has 2 atom stereocenters. The summed E-state index contributed by atoms with van der Waals surface area (Å²) in [6, 6.07) is 0.163. The van der Waals surface area contributed by atoms with Crippen LogP contribution in [0.25, 0.3) is 0 Å². The number of amides is 1. The van der Waals surface area contributed by atoms with Gasteiger partial charge in [0.1, 0.15) is 5.60 Å². The molecule has 1 aliphatic heterocycles. The predicted octanol–water partition coefficient (Wildman–Crippen LogP) is 2.11. The van der Waals surface area contributed by atoms with Crippen molar-refractivity contribution in [2.24, 2.45) is 5.92 Å². The Balaban J connectivity index is 2.47. The number of ether oxygens (including phenoxy) is 1. The van der Waals surface area contributed by atoms with Crippen LogP contribution < -0.4 is 0 Å². The first kappa shape index (κ1) is 16.2. The Bertz CT molecular complexity index is 298. The van der Waals surface area contributed by atoms with E-state index >= 15 is 0 Å². The van der Waals surface area contributed by atoms with Crippen molar-refractivity contribution >= 4 is 6.09 Å². The number of aliphatic hydroxyl groups excluding tert-OH is 1. The third-order valence-electron chi connectivity index (χ3n) is 3.47. The minimum absolute atomic E-state index is 0.163. The highest BCUT2D eigenvalue weighted by Gasteiger charge is 2.32. The lowest BCUT2D eigenvalue weighted by molar-refractivity contribution is -0.0816. The fourth-order valence-electron chi connectivity index (χ4n) is 2.30. The van der Waals surface area contributed by atoms with Gasteiger partial charge in [0.25, 0.3) is 0 Å². The van der Waals surface area contributed by atoms with Crippen LogP contribution in [-0.2, 0) is 4.74 Å². The molecule has 0 spiro atoms. The second-order valence-electron chi connectivity index (χ2n) is 6.44. The molecule has 1 fully saturated rings. The van der Waals surface area contributed by atoms with E-state index < -0.39 is 11.9 Å². The summed E-state index contributed by atoms with van der Waals surface area (Å²) in [4.78, 5) is 13.8. The van der Waals surface area contributed by atoms with E-state index in [1.54, 1.807) is 11.8 Å². The first-order chi connectivity index (χ1) is 8.70. The average molecular weight is 273 g/mol. The van der Waals surface area contributed by atoms with Crippen LogP contribution in [0.15, 0.2) is 0 Å². The lowest BCUT2D eigenvalue weighted by atomic mass is 10.00. The largest absolute Gasteiger partial charge is 0.444 e. The number of likely N-dealkylation sites (tertiary alicyclic amines) is 1. The van der Waals surface area contributed by atoms with Crippen LogP contribution in [0.3, 0.4) is 0 Å². The molecule has 1 saturated heterocycles. The van der Waals surface area contributed by atoms with Crippen LogP contribution >= 0.6 is 0 Å². The average Bonchev–Trinajstić information content (AvgIpc) is 2.71. The Labute approximate surface area is 115 Å². The molecule has 0 radical (unpaired) electrons. The van der Waals surface area contributed by atoms with Crippen molar-refractivity contribution in [2.45, 2.75) is 71.3 Å². The molecule has 112 valence electrons. The molecule has 1 amide bonds. The Morgan fingerprint density at radius 1 is 1.42 bits per heavy atom. The van der Waals surface area contributed by atoms with Gasteiger partial charge >= 0.3 is 6.09 Å². The van der Waals surface area contributed by atoms with Gasteiger partial charge in [0.2, 0.25) is 0 Å². The van der Waals surface area contributed by atoms with Gasteiger partial charge < -0.3 is 19.8 Å².